The molecule has 2 atom stereocenters. The van der Waals surface area contributed by atoms with Crippen LogP contribution < -0.4 is 5.32 Å². The van der Waals surface area contributed by atoms with Crippen molar-refractivity contribution in [3.05, 3.63) is 34.6 Å². The highest BCUT2D eigenvalue weighted by molar-refractivity contribution is 6.31. The van der Waals surface area contributed by atoms with Gasteiger partial charge in [-0.2, -0.15) is 0 Å². The lowest BCUT2D eigenvalue weighted by Gasteiger charge is -2.22. The first-order valence-corrected chi connectivity index (χ1v) is 7.86. The summed E-state index contributed by atoms with van der Waals surface area (Å²) in [4.78, 5) is 0. The van der Waals surface area contributed by atoms with Crippen LogP contribution >= 0.6 is 11.6 Å². The van der Waals surface area contributed by atoms with E-state index in [2.05, 4.69) is 12.2 Å². The summed E-state index contributed by atoms with van der Waals surface area (Å²) in [6.45, 7) is 3.92. The molecule has 1 aromatic rings. The average molecular weight is 300 g/mol. The topological polar surface area (TPSA) is 21.3 Å². The first-order chi connectivity index (χ1) is 9.70. The highest BCUT2D eigenvalue weighted by Gasteiger charge is 2.22. The molecule has 1 aliphatic heterocycles. The van der Waals surface area contributed by atoms with Gasteiger partial charge in [0.15, 0.2) is 0 Å². The molecule has 1 heterocycles. The lowest BCUT2D eigenvalue weighted by Crippen LogP contribution is -2.35. The van der Waals surface area contributed by atoms with Gasteiger partial charge in [-0.05, 0) is 50.8 Å². The smallest absolute Gasteiger partial charge is 0.127 e. The van der Waals surface area contributed by atoms with Gasteiger partial charge in [0, 0.05) is 23.2 Å². The van der Waals surface area contributed by atoms with Gasteiger partial charge in [-0.25, -0.2) is 4.39 Å². The van der Waals surface area contributed by atoms with Crippen LogP contribution in [0.5, 0.6) is 0 Å². The summed E-state index contributed by atoms with van der Waals surface area (Å²) in [6.07, 6.45) is 5.14. The summed E-state index contributed by atoms with van der Waals surface area (Å²) in [6, 6.07) is 5.09. The molecule has 20 heavy (non-hydrogen) atoms. The summed E-state index contributed by atoms with van der Waals surface area (Å²) in [5, 5.41) is 4.01. The number of nitrogens with one attached hydrogen (secondary N) is 1. The third-order valence-electron chi connectivity index (χ3n) is 3.77. The van der Waals surface area contributed by atoms with Crippen LogP contribution in [-0.4, -0.2) is 25.3 Å². The van der Waals surface area contributed by atoms with E-state index in [0.29, 0.717) is 23.1 Å². The minimum absolute atomic E-state index is 0.215. The lowest BCUT2D eigenvalue weighted by atomic mass is 9.98. The SMILES string of the molecule is CCCNC(Cc1c(F)cccc1Cl)CC1CCCO1. The third-order valence-corrected chi connectivity index (χ3v) is 4.12. The minimum Gasteiger partial charge on any atom is -0.378 e. The zero-order chi connectivity index (χ0) is 14.4. The van der Waals surface area contributed by atoms with Crippen molar-refractivity contribution >= 4 is 11.6 Å². The number of hydrogen-bond donors (Lipinski definition) is 1. The molecule has 112 valence electrons. The summed E-state index contributed by atoms with van der Waals surface area (Å²) in [7, 11) is 0. The average Bonchev–Trinajstić information content (AvgIpc) is 2.93. The molecule has 2 rings (SSSR count). The summed E-state index contributed by atoms with van der Waals surface area (Å²) in [5.74, 6) is -0.215. The molecule has 0 aromatic heterocycles. The monoisotopic (exact) mass is 299 g/mol. The normalized spacial score (nSPS) is 20.2. The number of benzene rings is 1. The van der Waals surface area contributed by atoms with Crippen molar-refractivity contribution < 1.29 is 9.13 Å². The van der Waals surface area contributed by atoms with Gasteiger partial charge in [0.2, 0.25) is 0 Å². The van der Waals surface area contributed by atoms with E-state index >= 15 is 0 Å². The first-order valence-electron chi connectivity index (χ1n) is 7.48. The van der Waals surface area contributed by atoms with Gasteiger partial charge in [-0.3, -0.25) is 0 Å². The molecule has 0 bridgehead atoms. The standard InChI is InChI=1S/C16H23ClFNO/c1-2-8-19-12(10-13-5-4-9-20-13)11-14-15(17)6-3-7-16(14)18/h3,6-7,12-13,19H,2,4-5,8-11H2,1H3. The van der Waals surface area contributed by atoms with Crippen LogP contribution in [-0.2, 0) is 11.2 Å². The molecular formula is C16H23ClFNO. The molecule has 1 N–H and O–H groups in total. The van der Waals surface area contributed by atoms with Crippen molar-refractivity contribution in [2.24, 2.45) is 0 Å². The van der Waals surface area contributed by atoms with E-state index in [1.807, 2.05) is 0 Å². The highest BCUT2D eigenvalue weighted by atomic mass is 35.5. The first kappa shape index (κ1) is 15.7. The molecule has 1 aliphatic rings. The number of halogens is 2. The van der Waals surface area contributed by atoms with Crippen LogP contribution in [0.25, 0.3) is 0 Å². The summed E-state index contributed by atoms with van der Waals surface area (Å²) >= 11 is 6.13. The summed E-state index contributed by atoms with van der Waals surface area (Å²) in [5.41, 5.74) is 0.612. The Morgan fingerprint density at radius 1 is 1.50 bits per heavy atom. The van der Waals surface area contributed by atoms with Crippen LogP contribution in [0.3, 0.4) is 0 Å². The predicted molar refractivity (Wildman–Crippen MR) is 80.8 cm³/mol. The van der Waals surface area contributed by atoms with Crippen LogP contribution in [0.15, 0.2) is 18.2 Å². The van der Waals surface area contributed by atoms with Crippen LogP contribution in [0, 0.1) is 5.82 Å². The minimum atomic E-state index is -0.215. The Labute approximate surface area is 125 Å². The molecule has 0 spiro atoms. The van der Waals surface area contributed by atoms with Crippen molar-refractivity contribution in [3.8, 4) is 0 Å². The van der Waals surface area contributed by atoms with E-state index < -0.39 is 0 Å². The molecular weight excluding hydrogens is 277 g/mol. The molecule has 4 heteroatoms. The van der Waals surface area contributed by atoms with Crippen molar-refractivity contribution in [1.82, 2.24) is 5.32 Å². The fraction of sp³-hybridized carbons (Fsp3) is 0.625. The van der Waals surface area contributed by atoms with E-state index in [4.69, 9.17) is 16.3 Å². The van der Waals surface area contributed by atoms with Gasteiger partial charge in [-0.1, -0.05) is 24.6 Å². The molecule has 0 saturated carbocycles. The predicted octanol–water partition coefficient (Wildman–Crippen LogP) is 3.96. The van der Waals surface area contributed by atoms with Gasteiger partial charge in [0.1, 0.15) is 5.82 Å². The number of ether oxygens (including phenoxy) is 1. The molecule has 2 nitrogen and oxygen atoms in total. The molecule has 2 unspecified atom stereocenters. The third kappa shape index (κ3) is 4.44. The zero-order valence-electron chi connectivity index (χ0n) is 12.0. The van der Waals surface area contributed by atoms with E-state index in [0.717, 1.165) is 38.8 Å². The molecule has 1 saturated heterocycles. The van der Waals surface area contributed by atoms with Crippen LogP contribution in [0.1, 0.15) is 38.2 Å². The number of hydrogen-bond acceptors (Lipinski definition) is 2. The fourth-order valence-corrected chi connectivity index (χ4v) is 2.95. The quantitative estimate of drug-likeness (QED) is 0.823. The number of rotatable bonds is 7. The van der Waals surface area contributed by atoms with Gasteiger partial charge < -0.3 is 10.1 Å². The van der Waals surface area contributed by atoms with E-state index in [1.165, 1.54) is 6.07 Å². The Morgan fingerprint density at radius 2 is 2.35 bits per heavy atom. The Morgan fingerprint density at radius 3 is 3.00 bits per heavy atom. The maximum absolute atomic E-state index is 13.9. The van der Waals surface area contributed by atoms with Gasteiger partial charge in [-0.15, -0.1) is 0 Å². The Bertz CT molecular complexity index is 401. The van der Waals surface area contributed by atoms with Crippen LogP contribution in [0.2, 0.25) is 5.02 Å². The lowest BCUT2D eigenvalue weighted by molar-refractivity contribution is 0.0945. The molecule has 0 radical (unpaired) electrons. The molecule has 0 aliphatic carbocycles. The summed E-state index contributed by atoms with van der Waals surface area (Å²) < 4.78 is 19.6. The van der Waals surface area contributed by atoms with E-state index in [1.54, 1.807) is 12.1 Å². The van der Waals surface area contributed by atoms with Crippen molar-refractivity contribution in [2.45, 2.75) is 51.2 Å². The van der Waals surface area contributed by atoms with Crippen molar-refractivity contribution in [1.29, 1.82) is 0 Å². The second-order valence-electron chi connectivity index (χ2n) is 5.43. The second-order valence-corrected chi connectivity index (χ2v) is 5.83. The maximum atomic E-state index is 13.9. The molecule has 0 amide bonds. The van der Waals surface area contributed by atoms with E-state index in [-0.39, 0.29) is 11.9 Å². The van der Waals surface area contributed by atoms with Gasteiger partial charge in [0.25, 0.3) is 0 Å². The second kappa shape index (κ2) is 7.96. The van der Waals surface area contributed by atoms with Crippen molar-refractivity contribution in [2.75, 3.05) is 13.2 Å². The Kier molecular flexibility index (Phi) is 6.27. The van der Waals surface area contributed by atoms with E-state index in [9.17, 15) is 4.39 Å². The fourth-order valence-electron chi connectivity index (χ4n) is 2.71. The molecule has 1 aromatic carbocycles. The maximum Gasteiger partial charge on any atom is 0.127 e. The van der Waals surface area contributed by atoms with Crippen molar-refractivity contribution in [3.63, 3.8) is 0 Å². The zero-order valence-corrected chi connectivity index (χ0v) is 12.8. The van der Waals surface area contributed by atoms with Gasteiger partial charge in [0.05, 0.1) is 6.10 Å². The Hall–Kier alpha value is -0.640. The highest BCUT2D eigenvalue weighted by Crippen LogP contribution is 2.24. The van der Waals surface area contributed by atoms with Crippen LogP contribution in [0.4, 0.5) is 4.39 Å². The largest absolute Gasteiger partial charge is 0.378 e. The molecule has 1 fully saturated rings. The van der Waals surface area contributed by atoms with Gasteiger partial charge >= 0.3 is 0 Å². The Balaban J connectivity index is 2.01.